The Hall–Kier alpha value is -3.35. The summed E-state index contributed by atoms with van der Waals surface area (Å²) in [4.78, 5) is 24.0. The molecule has 2 amide bonds. The first-order valence-corrected chi connectivity index (χ1v) is 10.0. The Kier molecular flexibility index (Phi) is 9.37. The molecule has 0 aliphatic heterocycles. The van der Waals surface area contributed by atoms with Gasteiger partial charge in [0.1, 0.15) is 6.42 Å². The lowest BCUT2D eigenvalue weighted by atomic mass is 10.2. The van der Waals surface area contributed by atoms with Gasteiger partial charge in [0.25, 0.3) is 0 Å². The van der Waals surface area contributed by atoms with Gasteiger partial charge in [-0.05, 0) is 37.6 Å². The van der Waals surface area contributed by atoms with E-state index in [1.54, 1.807) is 25.3 Å². The molecule has 0 spiro atoms. The molecule has 7 nitrogen and oxygen atoms in total. The van der Waals surface area contributed by atoms with Gasteiger partial charge in [-0.3, -0.25) is 9.59 Å². The fraction of sp³-hybridized carbons (Fsp3) is 0.348. The Bertz CT molecular complexity index is 863. The number of unbranched alkanes of at least 4 members (excludes halogenated alkanes) is 2. The Morgan fingerprint density at radius 2 is 1.83 bits per heavy atom. The molecule has 0 saturated heterocycles. The maximum atomic E-state index is 12.0. The molecule has 0 aromatic heterocycles. The van der Waals surface area contributed by atoms with Crippen LogP contribution in [0.15, 0.2) is 47.6 Å². The van der Waals surface area contributed by atoms with E-state index in [2.05, 4.69) is 22.8 Å². The highest BCUT2D eigenvalue weighted by molar-refractivity contribution is 6.03. The van der Waals surface area contributed by atoms with E-state index >= 15 is 0 Å². The van der Waals surface area contributed by atoms with E-state index in [1.807, 2.05) is 31.2 Å². The molecule has 0 saturated carbocycles. The van der Waals surface area contributed by atoms with Gasteiger partial charge >= 0.3 is 0 Å². The van der Waals surface area contributed by atoms with Crippen molar-refractivity contribution in [3.05, 3.63) is 53.6 Å². The molecule has 0 fully saturated rings. The number of hydrogen-bond donors (Lipinski definition) is 2. The van der Waals surface area contributed by atoms with Crippen LogP contribution in [0, 0.1) is 6.92 Å². The summed E-state index contributed by atoms with van der Waals surface area (Å²) in [7, 11) is 1.57. The molecule has 7 heteroatoms. The van der Waals surface area contributed by atoms with E-state index in [-0.39, 0.29) is 6.42 Å². The second kappa shape index (κ2) is 12.3. The molecule has 2 N–H and O–H groups in total. The number of ether oxygens (including phenoxy) is 2. The lowest BCUT2D eigenvalue weighted by Gasteiger charge is -2.13. The number of nitrogens with one attached hydrogen (secondary N) is 2. The second-order valence-corrected chi connectivity index (χ2v) is 6.82. The van der Waals surface area contributed by atoms with Crippen molar-refractivity contribution in [1.82, 2.24) is 5.43 Å². The fourth-order valence-corrected chi connectivity index (χ4v) is 2.68. The molecular weight excluding hydrogens is 382 g/mol. The number of carbonyl (C=O) groups excluding carboxylic acids is 2. The van der Waals surface area contributed by atoms with Crippen LogP contribution in [-0.4, -0.2) is 31.7 Å². The molecule has 0 unspecified atom stereocenters. The lowest BCUT2D eigenvalue weighted by molar-refractivity contribution is -0.126. The summed E-state index contributed by atoms with van der Waals surface area (Å²) >= 11 is 0. The van der Waals surface area contributed by atoms with E-state index in [1.165, 1.54) is 6.21 Å². The smallest absolute Gasteiger partial charge is 0.249 e. The summed E-state index contributed by atoms with van der Waals surface area (Å²) in [5, 5.41) is 6.63. The van der Waals surface area contributed by atoms with Gasteiger partial charge in [-0.25, -0.2) is 5.43 Å². The Morgan fingerprint density at radius 1 is 1.07 bits per heavy atom. The number of methoxy groups -OCH3 is 1. The van der Waals surface area contributed by atoms with Crippen LogP contribution >= 0.6 is 0 Å². The van der Waals surface area contributed by atoms with Crippen molar-refractivity contribution in [2.24, 2.45) is 5.10 Å². The van der Waals surface area contributed by atoms with Gasteiger partial charge in [-0.15, -0.1) is 0 Å². The zero-order valence-electron chi connectivity index (χ0n) is 17.7. The number of aryl methyl sites for hydroxylation is 1. The number of hydrogen-bond acceptors (Lipinski definition) is 5. The average Bonchev–Trinajstić information content (AvgIpc) is 2.73. The summed E-state index contributed by atoms with van der Waals surface area (Å²) in [5.74, 6) is 0.252. The predicted molar refractivity (Wildman–Crippen MR) is 118 cm³/mol. The normalized spacial score (nSPS) is 10.6. The van der Waals surface area contributed by atoms with E-state index < -0.39 is 11.8 Å². The molecule has 0 bridgehead atoms. The molecule has 2 aromatic rings. The average molecular weight is 412 g/mol. The van der Waals surface area contributed by atoms with Crippen LogP contribution in [0.3, 0.4) is 0 Å². The molecule has 2 rings (SSSR count). The third-order valence-corrected chi connectivity index (χ3v) is 4.27. The first-order valence-electron chi connectivity index (χ1n) is 10.0. The molecule has 0 aliphatic carbocycles. The molecule has 0 heterocycles. The van der Waals surface area contributed by atoms with Gasteiger partial charge in [0.05, 0.1) is 19.9 Å². The summed E-state index contributed by atoms with van der Waals surface area (Å²) in [6, 6.07) is 12.8. The second-order valence-electron chi connectivity index (χ2n) is 6.82. The molecule has 0 atom stereocenters. The van der Waals surface area contributed by atoms with E-state index in [0.29, 0.717) is 29.4 Å². The number of nitrogens with zero attached hydrogens (tertiary/aromatic N) is 1. The van der Waals surface area contributed by atoms with Gasteiger partial charge in [-0.1, -0.05) is 43.5 Å². The van der Waals surface area contributed by atoms with Crippen LogP contribution in [0.25, 0.3) is 0 Å². The van der Waals surface area contributed by atoms with Crippen LogP contribution in [0.1, 0.15) is 43.7 Å². The van der Waals surface area contributed by atoms with Crippen molar-refractivity contribution >= 4 is 23.7 Å². The SMILES string of the molecule is CCCCCOc1c(C=NNC(=O)CC(=O)Nc2ccc(C)cc2)cccc1OC. The topological polar surface area (TPSA) is 89.0 Å². The number of benzene rings is 2. The maximum absolute atomic E-state index is 12.0. The number of anilines is 1. The summed E-state index contributed by atoms with van der Waals surface area (Å²) in [6.45, 7) is 4.66. The van der Waals surface area contributed by atoms with Crippen LogP contribution in [-0.2, 0) is 9.59 Å². The van der Waals surface area contributed by atoms with Crippen molar-refractivity contribution in [2.45, 2.75) is 39.5 Å². The van der Waals surface area contributed by atoms with E-state index in [9.17, 15) is 9.59 Å². The van der Waals surface area contributed by atoms with Crippen molar-refractivity contribution < 1.29 is 19.1 Å². The number of rotatable bonds is 11. The third kappa shape index (κ3) is 7.58. The number of para-hydroxylation sites is 1. The molecule has 0 radical (unpaired) electrons. The summed E-state index contributed by atoms with van der Waals surface area (Å²) in [5.41, 5.74) is 4.78. The quantitative estimate of drug-likeness (QED) is 0.253. The molecular formula is C23H29N3O4. The lowest BCUT2D eigenvalue weighted by Crippen LogP contribution is -2.24. The standard InChI is InChI=1S/C23H29N3O4/c1-4-5-6-14-30-23-18(8-7-9-20(23)29-3)16-24-26-22(28)15-21(27)25-19-12-10-17(2)11-13-19/h7-13,16H,4-6,14-15H2,1-3H3,(H,25,27)(H,26,28). The van der Waals surface area contributed by atoms with E-state index in [4.69, 9.17) is 9.47 Å². The molecule has 160 valence electrons. The van der Waals surface area contributed by atoms with Crippen molar-refractivity contribution in [3.63, 3.8) is 0 Å². The first kappa shape index (κ1) is 22.9. The third-order valence-electron chi connectivity index (χ3n) is 4.27. The van der Waals surface area contributed by atoms with Crippen molar-refractivity contribution in [3.8, 4) is 11.5 Å². The summed E-state index contributed by atoms with van der Waals surface area (Å²) < 4.78 is 11.2. The highest BCUT2D eigenvalue weighted by Crippen LogP contribution is 2.30. The predicted octanol–water partition coefficient (Wildman–Crippen LogP) is 4.05. The van der Waals surface area contributed by atoms with Crippen LogP contribution in [0.4, 0.5) is 5.69 Å². The van der Waals surface area contributed by atoms with E-state index in [0.717, 1.165) is 24.8 Å². The van der Waals surface area contributed by atoms with Crippen LogP contribution < -0.4 is 20.2 Å². The molecule has 0 aliphatic rings. The monoisotopic (exact) mass is 411 g/mol. The minimum absolute atomic E-state index is 0.330. The van der Waals surface area contributed by atoms with Gasteiger partial charge in [0.15, 0.2) is 11.5 Å². The van der Waals surface area contributed by atoms with Gasteiger partial charge < -0.3 is 14.8 Å². The Morgan fingerprint density at radius 3 is 2.53 bits per heavy atom. The van der Waals surface area contributed by atoms with Crippen LogP contribution in [0.2, 0.25) is 0 Å². The largest absolute Gasteiger partial charge is 0.493 e. The van der Waals surface area contributed by atoms with Gasteiger partial charge in [0, 0.05) is 11.3 Å². The zero-order chi connectivity index (χ0) is 21.8. The zero-order valence-corrected chi connectivity index (χ0v) is 17.7. The fourth-order valence-electron chi connectivity index (χ4n) is 2.68. The Balaban J connectivity index is 1.91. The number of carbonyl (C=O) groups is 2. The first-order chi connectivity index (χ1) is 14.5. The maximum Gasteiger partial charge on any atom is 0.249 e. The number of hydrazone groups is 1. The minimum Gasteiger partial charge on any atom is -0.493 e. The number of amides is 2. The van der Waals surface area contributed by atoms with Crippen molar-refractivity contribution in [1.29, 1.82) is 0 Å². The van der Waals surface area contributed by atoms with Crippen LogP contribution in [0.5, 0.6) is 11.5 Å². The molecule has 2 aromatic carbocycles. The van der Waals surface area contributed by atoms with Gasteiger partial charge in [-0.2, -0.15) is 5.10 Å². The molecule has 30 heavy (non-hydrogen) atoms. The summed E-state index contributed by atoms with van der Waals surface area (Å²) in [6.07, 6.45) is 4.28. The Labute approximate surface area is 177 Å². The highest BCUT2D eigenvalue weighted by atomic mass is 16.5. The van der Waals surface area contributed by atoms with Gasteiger partial charge in [0.2, 0.25) is 11.8 Å². The minimum atomic E-state index is -0.510. The highest BCUT2D eigenvalue weighted by Gasteiger charge is 2.11. The van der Waals surface area contributed by atoms with Crippen molar-refractivity contribution in [2.75, 3.05) is 19.0 Å².